The lowest BCUT2D eigenvalue weighted by atomic mass is 10.2. The van der Waals surface area contributed by atoms with Crippen molar-refractivity contribution in [1.82, 2.24) is 9.97 Å². The number of amides is 1. The summed E-state index contributed by atoms with van der Waals surface area (Å²) < 4.78 is 23.9. The Morgan fingerprint density at radius 3 is 2.48 bits per heavy atom. The standard InChI is InChI=1S/C19H15FN4O3/c20-12-1-3-13(4-2-12)23-18-10-15(21-11-22-18)19(25)24-14-5-6-16-17(9-14)27-8-7-26-16/h1-6,9-11H,7-8H2,(H,24,25)(H,21,22,23). The molecule has 8 heteroatoms. The second kappa shape index (κ2) is 7.28. The molecule has 1 aliphatic rings. The van der Waals surface area contributed by atoms with E-state index in [2.05, 4.69) is 20.6 Å². The second-order valence-corrected chi connectivity index (χ2v) is 5.73. The molecule has 0 unspecified atom stereocenters. The highest BCUT2D eigenvalue weighted by molar-refractivity contribution is 6.03. The van der Waals surface area contributed by atoms with Gasteiger partial charge in [-0.3, -0.25) is 4.79 Å². The molecule has 0 fully saturated rings. The first-order valence-corrected chi connectivity index (χ1v) is 8.23. The lowest BCUT2D eigenvalue weighted by molar-refractivity contribution is 0.102. The van der Waals surface area contributed by atoms with E-state index in [9.17, 15) is 9.18 Å². The van der Waals surface area contributed by atoms with Gasteiger partial charge in [-0.05, 0) is 36.4 Å². The van der Waals surface area contributed by atoms with Gasteiger partial charge in [0.1, 0.15) is 36.9 Å². The second-order valence-electron chi connectivity index (χ2n) is 5.73. The molecule has 2 N–H and O–H groups in total. The quantitative estimate of drug-likeness (QED) is 0.736. The summed E-state index contributed by atoms with van der Waals surface area (Å²) in [5.74, 6) is 0.926. The van der Waals surface area contributed by atoms with Crippen molar-refractivity contribution in [2.75, 3.05) is 23.8 Å². The Labute approximate surface area is 154 Å². The van der Waals surface area contributed by atoms with Gasteiger partial charge in [0.2, 0.25) is 0 Å². The highest BCUT2D eigenvalue weighted by atomic mass is 19.1. The molecule has 7 nitrogen and oxygen atoms in total. The number of ether oxygens (including phenoxy) is 2. The van der Waals surface area contributed by atoms with Gasteiger partial charge in [-0.1, -0.05) is 0 Å². The van der Waals surface area contributed by atoms with Crippen molar-refractivity contribution < 1.29 is 18.7 Å². The van der Waals surface area contributed by atoms with E-state index in [4.69, 9.17) is 9.47 Å². The third-order valence-electron chi connectivity index (χ3n) is 3.82. The van der Waals surface area contributed by atoms with Crippen LogP contribution in [0.3, 0.4) is 0 Å². The maximum Gasteiger partial charge on any atom is 0.274 e. The number of aromatic nitrogens is 2. The topological polar surface area (TPSA) is 85.4 Å². The molecule has 0 spiro atoms. The fraction of sp³-hybridized carbons (Fsp3) is 0.105. The van der Waals surface area contributed by atoms with E-state index in [1.807, 2.05) is 0 Å². The number of carbonyl (C=O) groups is 1. The van der Waals surface area contributed by atoms with E-state index in [0.717, 1.165) is 0 Å². The van der Waals surface area contributed by atoms with Crippen LogP contribution in [0.4, 0.5) is 21.6 Å². The molecule has 0 aliphatic carbocycles. The number of carbonyl (C=O) groups excluding carboxylic acids is 1. The van der Waals surface area contributed by atoms with Gasteiger partial charge >= 0.3 is 0 Å². The fourth-order valence-corrected chi connectivity index (χ4v) is 2.55. The van der Waals surface area contributed by atoms with Gasteiger partial charge in [0.15, 0.2) is 11.5 Å². The molecule has 0 radical (unpaired) electrons. The Bertz CT molecular complexity index is 979. The monoisotopic (exact) mass is 366 g/mol. The first-order valence-electron chi connectivity index (χ1n) is 8.23. The van der Waals surface area contributed by atoms with Crippen LogP contribution in [-0.4, -0.2) is 29.1 Å². The molecule has 1 amide bonds. The van der Waals surface area contributed by atoms with E-state index in [1.165, 1.54) is 24.5 Å². The number of hydrogen-bond donors (Lipinski definition) is 2. The van der Waals surface area contributed by atoms with Crippen LogP contribution in [0.2, 0.25) is 0 Å². The number of benzene rings is 2. The van der Waals surface area contributed by atoms with Gasteiger partial charge in [-0.15, -0.1) is 0 Å². The lowest BCUT2D eigenvalue weighted by Gasteiger charge is -2.19. The molecule has 0 atom stereocenters. The van der Waals surface area contributed by atoms with Gasteiger partial charge in [0.25, 0.3) is 5.91 Å². The summed E-state index contributed by atoms with van der Waals surface area (Å²) in [6, 6.07) is 12.5. The number of halogens is 1. The predicted molar refractivity (Wildman–Crippen MR) is 97.1 cm³/mol. The molecule has 0 saturated carbocycles. The predicted octanol–water partition coefficient (Wildman–Crippen LogP) is 3.38. The minimum Gasteiger partial charge on any atom is -0.486 e. The maximum atomic E-state index is 13.0. The Balaban J connectivity index is 1.48. The van der Waals surface area contributed by atoms with Crippen molar-refractivity contribution in [2.24, 2.45) is 0 Å². The number of nitrogens with zero attached hydrogens (tertiary/aromatic N) is 2. The van der Waals surface area contributed by atoms with Crippen molar-refractivity contribution in [3.05, 3.63) is 66.4 Å². The van der Waals surface area contributed by atoms with Gasteiger partial charge in [0, 0.05) is 23.5 Å². The molecule has 1 aliphatic heterocycles. The van der Waals surface area contributed by atoms with E-state index < -0.39 is 5.91 Å². The lowest BCUT2D eigenvalue weighted by Crippen LogP contribution is -2.17. The molecule has 27 heavy (non-hydrogen) atoms. The molecule has 0 bridgehead atoms. The zero-order chi connectivity index (χ0) is 18.6. The normalized spacial score (nSPS) is 12.3. The summed E-state index contributed by atoms with van der Waals surface area (Å²) in [6.07, 6.45) is 1.28. The highest BCUT2D eigenvalue weighted by Crippen LogP contribution is 2.32. The smallest absolute Gasteiger partial charge is 0.274 e. The average molecular weight is 366 g/mol. The zero-order valence-electron chi connectivity index (χ0n) is 14.1. The Kier molecular flexibility index (Phi) is 4.52. The summed E-state index contributed by atoms with van der Waals surface area (Å²) in [7, 11) is 0. The highest BCUT2D eigenvalue weighted by Gasteiger charge is 2.14. The van der Waals surface area contributed by atoms with Crippen LogP contribution in [0.15, 0.2) is 54.9 Å². The van der Waals surface area contributed by atoms with Crippen molar-refractivity contribution in [1.29, 1.82) is 0 Å². The fourth-order valence-electron chi connectivity index (χ4n) is 2.55. The van der Waals surface area contributed by atoms with Crippen LogP contribution in [0.1, 0.15) is 10.5 Å². The number of hydrogen-bond acceptors (Lipinski definition) is 6. The number of anilines is 3. The number of fused-ring (bicyclic) bond motifs is 1. The van der Waals surface area contributed by atoms with Crippen molar-refractivity contribution >= 4 is 23.1 Å². The molecule has 136 valence electrons. The van der Waals surface area contributed by atoms with Crippen molar-refractivity contribution in [3.8, 4) is 11.5 Å². The van der Waals surface area contributed by atoms with Crippen LogP contribution < -0.4 is 20.1 Å². The first-order chi connectivity index (χ1) is 13.2. The molecule has 2 heterocycles. The summed E-state index contributed by atoms with van der Waals surface area (Å²) in [5.41, 5.74) is 1.40. The van der Waals surface area contributed by atoms with Crippen molar-refractivity contribution in [3.63, 3.8) is 0 Å². The van der Waals surface area contributed by atoms with Crippen LogP contribution in [-0.2, 0) is 0 Å². The van der Waals surface area contributed by atoms with E-state index in [1.54, 1.807) is 30.3 Å². The molecule has 3 aromatic rings. The van der Waals surface area contributed by atoms with E-state index in [0.29, 0.717) is 41.9 Å². The summed E-state index contributed by atoms with van der Waals surface area (Å²) in [4.78, 5) is 20.6. The van der Waals surface area contributed by atoms with Crippen LogP contribution >= 0.6 is 0 Å². The number of rotatable bonds is 4. The Hall–Kier alpha value is -3.68. The van der Waals surface area contributed by atoms with Crippen LogP contribution in [0.5, 0.6) is 11.5 Å². The minimum atomic E-state index is -0.392. The molecular weight excluding hydrogens is 351 g/mol. The van der Waals surface area contributed by atoms with Gasteiger partial charge in [-0.2, -0.15) is 0 Å². The summed E-state index contributed by atoms with van der Waals surface area (Å²) >= 11 is 0. The molecule has 4 rings (SSSR count). The van der Waals surface area contributed by atoms with Crippen LogP contribution in [0, 0.1) is 5.82 Å². The third-order valence-corrected chi connectivity index (χ3v) is 3.82. The van der Waals surface area contributed by atoms with E-state index in [-0.39, 0.29) is 11.5 Å². The summed E-state index contributed by atoms with van der Waals surface area (Å²) in [5, 5.41) is 5.76. The molecule has 1 aromatic heterocycles. The first kappa shape index (κ1) is 16.8. The van der Waals surface area contributed by atoms with Crippen LogP contribution in [0.25, 0.3) is 0 Å². The molecular formula is C19H15FN4O3. The minimum absolute atomic E-state index is 0.185. The maximum absolute atomic E-state index is 13.0. The average Bonchev–Trinajstić information content (AvgIpc) is 2.70. The van der Waals surface area contributed by atoms with Gasteiger partial charge in [-0.25, -0.2) is 14.4 Å². The number of nitrogens with one attached hydrogen (secondary N) is 2. The molecule has 2 aromatic carbocycles. The third kappa shape index (κ3) is 3.95. The Morgan fingerprint density at radius 1 is 0.926 bits per heavy atom. The van der Waals surface area contributed by atoms with Gasteiger partial charge in [0.05, 0.1) is 0 Å². The SMILES string of the molecule is O=C(Nc1ccc2c(c1)OCCO2)c1cc(Nc2ccc(F)cc2)ncn1. The zero-order valence-corrected chi connectivity index (χ0v) is 14.1. The Morgan fingerprint density at radius 2 is 1.67 bits per heavy atom. The van der Waals surface area contributed by atoms with Gasteiger partial charge < -0.3 is 20.1 Å². The van der Waals surface area contributed by atoms with E-state index >= 15 is 0 Å². The molecule has 0 saturated heterocycles. The largest absolute Gasteiger partial charge is 0.486 e. The van der Waals surface area contributed by atoms with Crippen molar-refractivity contribution in [2.45, 2.75) is 0 Å². The summed E-state index contributed by atoms with van der Waals surface area (Å²) in [6.45, 7) is 0.970.